The summed E-state index contributed by atoms with van der Waals surface area (Å²) < 4.78 is 6.18. The van der Waals surface area contributed by atoms with E-state index in [4.69, 9.17) is 4.74 Å². The summed E-state index contributed by atoms with van der Waals surface area (Å²) in [5, 5.41) is 0.120. The Morgan fingerprint density at radius 2 is 2.38 bits per heavy atom. The monoisotopic (exact) mass is 300 g/mol. The zero-order chi connectivity index (χ0) is 11.5. The molecule has 1 aliphatic heterocycles. The van der Waals surface area contributed by atoms with Crippen LogP contribution in [0, 0.1) is 0 Å². The molecule has 2 nitrogen and oxygen atoms in total. The highest BCUT2D eigenvalue weighted by Crippen LogP contribution is 2.32. The third kappa shape index (κ3) is 2.43. The van der Waals surface area contributed by atoms with Gasteiger partial charge in [-0.25, -0.2) is 0 Å². The molecule has 1 saturated heterocycles. The molecule has 86 valence electrons. The first-order valence-electron chi connectivity index (χ1n) is 5.21. The summed E-state index contributed by atoms with van der Waals surface area (Å²) in [5.41, 5.74) is 0.699. The Kier molecular flexibility index (Phi) is 3.92. The first-order valence-corrected chi connectivity index (χ1v) is 7.06. The van der Waals surface area contributed by atoms with Crippen molar-refractivity contribution in [2.24, 2.45) is 0 Å². The predicted molar refractivity (Wildman–Crippen MR) is 70.5 cm³/mol. The molecule has 0 spiro atoms. The van der Waals surface area contributed by atoms with Crippen molar-refractivity contribution in [2.75, 3.05) is 12.9 Å². The van der Waals surface area contributed by atoms with Gasteiger partial charge in [-0.3, -0.25) is 4.79 Å². The van der Waals surface area contributed by atoms with E-state index in [-0.39, 0.29) is 11.0 Å². The van der Waals surface area contributed by atoms with Crippen LogP contribution in [0.4, 0.5) is 0 Å². The third-order valence-corrected chi connectivity index (χ3v) is 4.52. The first-order chi connectivity index (χ1) is 7.72. The van der Waals surface area contributed by atoms with Gasteiger partial charge in [-0.2, -0.15) is 11.8 Å². The number of hydrogen-bond acceptors (Lipinski definition) is 3. The normalized spacial score (nSPS) is 19.8. The van der Waals surface area contributed by atoms with E-state index >= 15 is 0 Å². The SMILES string of the molecule is COc1cc(Br)ccc1C(=O)C1CCCS1. The standard InChI is InChI=1S/C12H13BrO2S/c1-15-10-7-8(13)4-5-9(10)12(14)11-3-2-6-16-11/h4-5,7,11H,2-3,6H2,1H3. The maximum absolute atomic E-state index is 12.2. The fraction of sp³-hybridized carbons (Fsp3) is 0.417. The lowest BCUT2D eigenvalue weighted by molar-refractivity contribution is 0.0985. The Morgan fingerprint density at radius 3 is 3.00 bits per heavy atom. The van der Waals surface area contributed by atoms with Crippen LogP contribution in [-0.2, 0) is 0 Å². The van der Waals surface area contributed by atoms with Gasteiger partial charge in [0, 0.05) is 4.47 Å². The van der Waals surface area contributed by atoms with Crippen LogP contribution in [0.1, 0.15) is 23.2 Å². The van der Waals surface area contributed by atoms with Crippen LogP contribution in [-0.4, -0.2) is 23.9 Å². The van der Waals surface area contributed by atoms with Crippen molar-refractivity contribution in [1.82, 2.24) is 0 Å². The molecule has 2 rings (SSSR count). The van der Waals surface area contributed by atoms with Crippen molar-refractivity contribution < 1.29 is 9.53 Å². The van der Waals surface area contributed by atoms with E-state index in [0.29, 0.717) is 11.3 Å². The lowest BCUT2D eigenvalue weighted by atomic mass is 10.0. The molecule has 1 aliphatic rings. The second-order valence-corrected chi connectivity index (χ2v) is 5.94. The molecule has 0 aliphatic carbocycles. The number of ketones is 1. The minimum absolute atomic E-state index is 0.120. The van der Waals surface area contributed by atoms with E-state index in [0.717, 1.165) is 23.1 Å². The maximum atomic E-state index is 12.2. The van der Waals surface area contributed by atoms with Crippen molar-refractivity contribution >= 4 is 33.5 Å². The first kappa shape index (κ1) is 12.0. The number of hydrogen-bond donors (Lipinski definition) is 0. The molecule has 4 heteroatoms. The fourth-order valence-electron chi connectivity index (χ4n) is 1.83. The van der Waals surface area contributed by atoms with E-state index in [1.54, 1.807) is 18.9 Å². The minimum Gasteiger partial charge on any atom is -0.496 e. The number of ether oxygens (including phenoxy) is 1. The summed E-state index contributed by atoms with van der Waals surface area (Å²) in [7, 11) is 1.60. The molecule has 0 amide bonds. The van der Waals surface area contributed by atoms with Gasteiger partial charge < -0.3 is 4.74 Å². The van der Waals surface area contributed by atoms with Crippen molar-refractivity contribution in [3.63, 3.8) is 0 Å². The summed E-state index contributed by atoms with van der Waals surface area (Å²) in [6, 6.07) is 5.56. The molecule has 0 bridgehead atoms. The van der Waals surface area contributed by atoms with Gasteiger partial charge in [0.15, 0.2) is 5.78 Å². The second kappa shape index (κ2) is 5.23. The van der Waals surface area contributed by atoms with E-state index in [1.807, 2.05) is 18.2 Å². The molecule has 0 N–H and O–H groups in total. The van der Waals surface area contributed by atoms with Gasteiger partial charge in [0.1, 0.15) is 5.75 Å². The predicted octanol–water partition coefficient (Wildman–Crippen LogP) is 3.54. The highest BCUT2D eigenvalue weighted by atomic mass is 79.9. The minimum atomic E-state index is 0.120. The molecule has 1 atom stereocenters. The number of benzene rings is 1. The Labute approximate surface area is 108 Å². The number of methoxy groups -OCH3 is 1. The van der Waals surface area contributed by atoms with Crippen LogP contribution < -0.4 is 4.74 Å². The van der Waals surface area contributed by atoms with Gasteiger partial charge in [0.2, 0.25) is 0 Å². The zero-order valence-corrected chi connectivity index (χ0v) is 11.4. The quantitative estimate of drug-likeness (QED) is 0.799. The molecule has 0 saturated carbocycles. The molecule has 1 unspecified atom stereocenters. The third-order valence-electron chi connectivity index (χ3n) is 2.65. The summed E-state index contributed by atoms with van der Waals surface area (Å²) in [6.07, 6.45) is 2.13. The highest BCUT2D eigenvalue weighted by Gasteiger charge is 2.26. The molecule has 1 aromatic rings. The van der Waals surface area contributed by atoms with Crippen LogP contribution in [0.5, 0.6) is 5.75 Å². The Balaban J connectivity index is 2.28. The number of carbonyl (C=O) groups is 1. The summed E-state index contributed by atoms with van der Waals surface area (Å²) in [6.45, 7) is 0. The summed E-state index contributed by atoms with van der Waals surface area (Å²) >= 11 is 5.13. The molecular weight excluding hydrogens is 288 g/mol. The molecule has 1 heterocycles. The molecule has 1 aromatic carbocycles. The van der Waals surface area contributed by atoms with E-state index < -0.39 is 0 Å². The van der Waals surface area contributed by atoms with Crippen LogP contribution in [0.25, 0.3) is 0 Å². The Hall–Kier alpha value is -0.480. The van der Waals surface area contributed by atoms with E-state index in [2.05, 4.69) is 15.9 Å². The van der Waals surface area contributed by atoms with E-state index in [9.17, 15) is 4.79 Å². The van der Waals surface area contributed by atoms with Crippen molar-refractivity contribution in [3.8, 4) is 5.75 Å². The molecule has 1 fully saturated rings. The van der Waals surface area contributed by atoms with Gasteiger partial charge in [-0.1, -0.05) is 15.9 Å². The van der Waals surface area contributed by atoms with Crippen LogP contribution >= 0.6 is 27.7 Å². The highest BCUT2D eigenvalue weighted by molar-refractivity contribution is 9.10. The van der Waals surface area contributed by atoms with Gasteiger partial charge in [-0.05, 0) is 36.8 Å². The number of thioether (sulfide) groups is 1. The zero-order valence-electron chi connectivity index (χ0n) is 9.03. The van der Waals surface area contributed by atoms with Crippen molar-refractivity contribution in [3.05, 3.63) is 28.2 Å². The molecular formula is C12H13BrO2S. The van der Waals surface area contributed by atoms with Crippen LogP contribution in [0.2, 0.25) is 0 Å². The fourth-order valence-corrected chi connectivity index (χ4v) is 3.40. The average molecular weight is 301 g/mol. The van der Waals surface area contributed by atoms with Gasteiger partial charge in [-0.15, -0.1) is 0 Å². The van der Waals surface area contributed by atoms with Crippen molar-refractivity contribution in [2.45, 2.75) is 18.1 Å². The van der Waals surface area contributed by atoms with Crippen LogP contribution in [0.15, 0.2) is 22.7 Å². The lowest BCUT2D eigenvalue weighted by Crippen LogP contribution is -2.15. The van der Waals surface area contributed by atoms with Crippen LogP contribution in [0.3, 0.4) is 0 Å². The maximum Gasteiger partial charge on any atom is 0.179 e. The Bertz CT molecular complexity index is 400. The molecule has 0 aromatic heterocycles. The van der Waals surface area contributed by atoms with Crippen molar-refractivity contribution in [1.29, 1.82) is 0 Å². The number of carbonyl (C=O) groups excluding carboxylic acids is 1. The largest absolute Gasteiger partial charge is 0.496 e. The summed E-state index contributed by atoms with van der Waals surface area (Å²) in [5.74, 6) is 1.95. The average Bonchev–Trinajstić information content (AvgIpc) is 2.81. The lowest BCUT2D eigenvalue weighted by Gasteiger charge is -2.11. The molecule has 0 radical (unpaired) electrons. The van der Waals surface area contributed by atoms with Gasteiger partial charge in [0.25, 0.3) is 0 Å². The van der Waals surface area contributed by atoms with Gasteiger partial charge in [0.05, 0.1) is 17.9 Å². The summed E-state index contributed by atoms with van der Waals surface area (Å²) in [4.78, 5) is 12.2. The number of Topliss-reactive ketones (excluding diaryl/α,β-unsaturated/α-hetero) is 1. The van der Waals surface area contributed by atoms with E-state index in [1.165, 1.54) is 0 Å². The van der Waals surface area contributed by atoms with Gasteiger partial charge >= 0.3 is 0 Å². The Morgan fingerprint density at radius 1 is 1.56 bits per heavy atom. The smallest absolute Gasteiger partial charge is 0.179 e. The second-order valence-electron chi connectivity index (χ2n) is 3.71. The number of rotatable bonds is 3. The topological polar surface area (TPSA) is 26.3 Å². The number of halogens is 1. The molecule has 16 heavy (non-hydrogen) atoms.